The molecule has 1 atom stereocenters. The topological polar surface area (TPSA) is 40.5 Å². The van der Waals surface area contributed by atoms with E-state index < -0.39 is 6.10 Å². The van der Waals surface area contributed by atoms with Crippen LogP contribution >= 0.6 is 15.9 Å². The van der Waals surface area contributed by atoms with E-state index in [1.807, 2.05) is 0 Å². The van der Waals surface area contributed by atoms with Gasteiger partial charge in [-0.25, -0.2) is 4.39 Å². The molecule has 3 nitrogen and oxygen atoms in total. The van der Waals surface area contributed by atoms with Crippen molar-refractivity contribution in [2.75, 3.05) is 13.6 Å². The summed E-state index contributed by atoms with van der Waals surface area (Å²) in [5, 5.41) is 9.17. The van der Waals surface area contributed by atoms with Gasteiger partial charge in [-0.15, -0.1) is 0 Å². The van der Waals surface area contributed by atoms with E-state index in [9.17, 15) is 14.3 Å². The fourth-order valence-corrected chi connectivity index (χ4v) is 2.12. The largest absolute Gasteiger partial charge is 0.393 e. The lowest BCUT2D eigenvalue weighted by Crippen LogP contribution is -2.29. The molecule has 0 heterocycles. The zero-order valence-electron chi connectivity index (χ0n) is 11.2. The lowest BCUT2D eigenvalue weighted by Gasteiger charge is -2.18. The van der Waals surface area contributed by atoms with Gasteiger partial charge in [-0.2, -0.15) is 0 Å². The number of carbonyl (C=O) groups excluding carboxylic acids is 1. The van der Waals surface area contributed by atoms with Gasteiger partial charge >= 0.3 is 0 Å². The van der Waals surface area contributed by atoms with E-state index in [0.29, 0.717) is 25.8 Å². The summed E-state index contributed by atoms with van der Waals surface area (Å²) in [6.45, 7) is 2.23. The lowest BCUT2D eigenvalue weighted by atomic mass is 10.1. The van der Waals surface area contributed by atoms with Crippen molar-refractivity contribution >= 4 is 21.8 Å². The second-order valence-electron chi connectivity index (χ2n) is 4.69. The highest BCUT2D eigenvalue weighted by Gasteiger charge is 2.11. The summed E-state index contributed by atoms with van der Waals surface area (Å²) in [7, 11) is 1.71. The Hall–Kier alpha value is -0.940. The van der Waals surface area contributed by atoms with Crippen LogP contribution < -0.4 is 0 Å². The van der Waals surface area contributed by atoms with Gasteiger partial charge in [-0.1, -0.05) is 15.9 Å². The highest BCUT2D eigenvalue weighted by molar-refractivity contribution is 9.10. The number of hydrogen-bond acceptors (Lipinski definition) is 2. The number of aliphatic hydroxyl groups excluding tert-OH is 1. The Morgan fingerprint density at radius 3 is 2.84 bits per heavy atom. The smallest absolute Gasteiger partial charge is 0.222 e. The van der Waals surface area contributed by atoms with Crippen LogP contribution in [-0.2, 0) is 11.2 Å². The van der Waals surface area contributed by atoms with Crippen LogP contribution in [0.1, 0.15) is 25.3 Å². The SMILES string of the molecule is C[C@@H](O)CCN(C)C(=O)CCc1cc(F)ccc1Br. The van der Waals surface area contributed by atoms with E-state index in [-0.39, 0.29) is 11.7 Å². The van der Waals surface area contributed by atoms with Crippen LogP contribution in [0.5, 0.6) is 0 Å². The van der Waals surface area contributed by atoms with Crippen LogP contribution in [0, 0.1) is 5.82 Å². The van der Waals surface area contributed by atoms with E-state index >= 15 is 0 Å². The molecule has 1 amide bonds. The monoisotopic (exact) mass is 331 g/mol. The molecule has 1 aromatic carbocycles. The van der Waals surface area contributed by atoms with Gasteiger partial charge in [0, 0.05) is 24.5 Å². The van der Waals surface area contributed by atoms with Crippen LogP contribution in [0.25, 0.3) is 0 Å². The minimum atomic E-state index is -0.410. The fraction of sp³-hybridized carbons (Fsp3) is 0.500. The van der Waals surface area contributed by atoms with Crippen LogP contribution in [0.3, 0.4) is 0 Å². The highest BCUT2D eigenvalue weighted by Crippen LogP contribution is 2.19. The molecule has 106 valence electrons. The molecule has 5 heteroatoms. The minimum absolute atomic E-state index is 0.00295. The Morgan fingerprint density at radius 1 is 1.53 bits per heavy atom. The second kappa shape index (κ2) is 7.60. The first-order valence-electron chi connectivity index (χ1n) is 6.26. The van der Waals surface area contributed by atoms with Gasteiger partial charge in [0.15, 0.2) is 0 Å². The molecular formula is C14H19BrFNO2. The Kier molecular flexibility index (Phi) is 6.45. The van der Waals surface area contributed by atoms with Gasteiger partial charge in [-0.3, -0.25) is 4.79 Å². The second-order valence-corrected chi connectivity index (χ2v) is 5.54. The van der Waals surface area contributed by atoms with Gasteiger partial charge in [0.2, 0.25) is 5.91 Å². The van der Waals surface area contributed by atoms with Crippen molar-refractivity contribution in [3.63, 3.8) is 0 Å². The molecule has 0 aliphatic rings. The Balaban J connectivity index is 2.47. The number of nitrogens with zero attached hydrogens (tertiary/aromatic N) is 1. The number of benzene rings is 1. The third-order valence-corrected chi connectivity index (χ3v) is 3.70. The van der Waals surface area contributed by atoms with Crippen molar-refractivity contribution in [3.8, 4) is 0 Å². The van der Waals surface area contributed by atoms with Gasteiger partial charge in [0.25, 0.3) is 0 Å². The standard InChI is InChI=1S/C14H19BrFNO2/c1-10(18)7-8-17(2)14(19)6-3-11-9-12(16)4-5-13(11)15/h4-5,9-10,18H,3,6-8H2,1-2H3/t10-/m1/s1. The molecule has 0 saturated heterocycles. The highest BCUT2D eigenvalue weighted by atomic mass is 79.9. The fourth-order valence-electron chi connectivity index (χ4n) is 1.67. The summed E-state index contributed by atoms with van der Waals surface area (Å²) in [5.41, 5.74) is 0.789. The predicted octanol–water partition coefficient (Wildman–Crippen LogP) is 2.75. The quantitative estimate of drug-likeness (QED) is 0.870. The van der Waals surface area contributed by atoms with Crippen LogP contribution in [-0.4, -0.2) is 35.6 Å². The normalized spacial score (nSPS) is 12.3. The average molecular weight is 332 g/mol. The molecule has 0 radical (unpaired) electrons. The zero-order valence-corrected chi connectivity index (χ0v) is 12.8. The maximum atomic E-state index is 13.1. The first kappa shape index (κ1) is 16.1. The van der Waals surface area contributed by atoms with E-state index in [4.69, 9.17) is 0 Å². The maximum absolute atomic E-state index is 13.1. The third kappa shape index (κ3) is 5.70. The van der Waals surface area contributed by atoms with Gasteiger partial charge in [0.05, 0.1) is 6.10 Å². The number of aryl methyl sites for hydroxylation is 1. The number of rotatable bonds is 6. The molecule has 1 N–H and O–H groups in total. The van der Waals surface area contributed by atoms with Crippen LogP contribution in [0.2, 0.25) is 0 Å². The Morgan fingerprint density at radius 2 is 2.21 bits per heavy atom. The summed E-state index contributed by atoms with van der Waals surface area (Å²) in [5.74, 6) is -0.301. The molecular weight excluding hydrogens is 313 g/mol. The third-order valence-electron chi connectivity index (χ3n) is 2.92. The van der Waals surface area contributed by atoms with Crippen molar-refractivity contribution < 1.29 is 14.3 Å². The average Bonchev–Trinajstić information content (AvgIpc) is 2.36. The molecule has 1 aromatic rings. The van der Waals surface area contributed by atoms with E-state index in [1.54, 1.807) is 24.9 Å². The Bertz CT molecular complexity index is 437. The van der Waals surface area contributed by atoms with Crippen molar-refractivity contribution in [1.29, 1.82) is 0 Å². The summed E-state index contributed by atoms with van der Waals surface area (Å²) in [6, 6.07) is 4.46. The summed E-state index contributed by atoms with van der Waals surface area (Å²) >= 11 is 3.34. The summed E-state index contributed by atoms with van der Waals surface area (Å²) in [4.78, 5) is 13.5. The summed E-state index contributed by atoms with van der Waals surface area (Å²) in [6.07, 6.45) is 0.980. The van der Waals surface area contributed by atoms with Crippen molar-refractivity contribution in [2.45, 2.75) is 32.3 Å². The molecule has 0 spiro atoms. The van der Waals surface area contributed by atoms with Crippen LogP contribution in [0.4, 0.5) is 4.39 Å². The molecule has 0 aliphatic heterocycles. The summed E-state index contributed by atoms with van der Waals surface area (Å²) < 4.78 is 13.9. The van der Waals surface area contributed by atoms with E-state index in [1.165, 1.54) is 12.1 Å². The molecule has 0 aliphatic carbocycles. The van der Waals surface area contributed by atoms with E-state index in [2.05, 4.69) is 15.9 Å². The van der Waals surface area contributed by atoms with Gasteiger partial charge < -0.3 is 10.0 Å². The molecule has 0 unspecified atom stereocenters. The zero-order chi connectivity index (χ0) is 14.4. The van der Waals surface area contributed by atoms with Crippen molar-refractivity contribution in [3.05, 3.63) is 34.1 Å². The van der Waals surface area contributed by atoms with Crippen molar-refractivity contribution in [2.24, 2.45) is 0 Å². The Labute approximate surface area is 121 Å². The molecule has 19 heavy (non-hydrogen) atoms. The molecule has 0 bridgehead atoms. The van der Waals surface area contributed by atoms with Crippen LogP contribution in [0.15, 0.2) is 22.7 Å². The number of amides is 1. The number of hydrogen-bond donors (Lipinski definition) is 1. The molecule has 0 saturated carbocycles. The van der Waals surface area contributed by atoms with Gasteiger partial charge in [-0.05, 0) is 43.5 Å². The predicted molar refractivity (Wildman–Crippen MR) is 76.4 cm³/mol. The van der Waals surface area contributed by atoms with Crippen molar-refractivity contribution in [1.82, 2.24) is 4.90 Å². The first-order chi connectivity index (χ1) is 8.90. The molecule has 0 fully saturated rings. The first-order valence-corrected chi connectivity index (χ1v) is 7.05. The van der Waals surface area contributed by atoms with E-state index in [0.717, 1.165) is 10.0 Å². The molecule has 1 rings (SSSR count). The number of halogens is 2. The lowest BCUT2D eigenvalue weighted by molar-refractivity contribution is -0.130. The van der Waals surface area contributed by atoms with Gasteiger partial charge in [0.1, 0.15) is 5.82 Å². The maximum Gasteiger partial charge on any atom is 0.222 e. The number of aliphatic hydroxyl groups is 1. The minimum Gasteiger partial charge on any atom is -0.393 e. The molecule has 0 aromatic heterocycles. The number of carbonyl (C=O) groups is 1.